The molecule has 2 atom stereocenters. The molecule has 33 heavy (non-hydrogen) atoms. The number of aliphatic hydroxyl groups is 1. The number of hydrogen-bond acceptors (Lipinski definition) is 8. The van der Waals surface area contributed by atoms with E-state index >= 15 is 0 Å². The Kier molecular flexibility index (Phi) is 10.7. The van der Waals surface area contributed by atoms with Crippen LogP contribution >= 0.6 is 11.9 Å². The summed E-state index contributed by atoms with van der Waals surface area (Å²) < 4.78 is 13.8. The van der Waals surface area contributed by atoms with Crippen LogP contribution in [0.3, 0.4) is 0 Å². The van der Waals surface area contributed by atoms with E-state index in [1.165, 1.54) is 12.5 Å². The van der Waals surface area contributed by atoms with Gasteiger partial charge in [-0.25, -0.2) is 0 Å². The lowest BCUT2D eigenvalue weighted by Gasteiger charge is -2.39. The van der Waals surface area contributed by atoms with Gasteiger partial charge in [-0.2, -0.15) is 0 Å². The van der Waals surface area contributed by atoms with Gasteiger partial charge in [0.1, 0.15) is 0 Å². The van der Waals surface area contributed by atoms with E-state index in [9.17, 15) is 9.90 Å². The van der Waals surface area contributed by atoms with E-state index in [1.807, 2.05) is 34.7 Å². The van der Waals surface area contributed by atoms with Crippen LogP contribution in [0, 0.1) is 16.7 Å². The molecule has 0 radical (unpaired) electrons. The molecule has 2 aliphatic heterocycles. The Morgan fingerprint density at radius 3 is 2.67 bits per heavy atom. The van der Waals surface area contributed by atoms with Crippen molar-refractivity contribution in [3.05, 3.63) is 12.0 Å². The summed E-state index contributed by atoms with van der Waals surface area (Å²) in [7, 11) is 1.95. The van der Waals surface area contributed by atoms with E-state index in [0.29, 0.717) is 19.1 Å². The SMILES string of the molecule is CSN1CCC[C@@H](CN(C)C(C)(C)C(=O)N/C(O)=C/C(=N)C(C)(C)COC2CCCCO2)C1. The maximum absolute atomic E-state index is 13.0. The summed E-state index contributed by atoms with van der Waals surface area (Å²) in [4.78, 5) is 15.0. The summed E-state index contributed by atoms with van der Waals surface area (Å²) in [6.07, 6.45) is 8.50. The summed E-state index contributed by atoms with van der Waals surface area (Å²) in [6, 6.07) is 0. The first-order chi connectivity index (χ1) is 15.5. The molecule has 8 nitrogen and oxygen atoms in total. The van der Waals surface area contributed by atoms with Gasteiger partial charge >= 0.3 is 0 Å². The van der Waals surface area contributed by atoms with Crippen molar-refractivity contribution in [1.29, 1.82) is 5.41 Å². The second kappa shape index (κ2) is 12.5. The van der Waals surface area contributed by atoms with E-state index < -0.39 is 11.0 Å². The van der Waals surface area contributed by atoms with Crippen LogP contribution in [0.4, 0.5) is 0 Å². The lowest BCUT2D eigenvalue weighted by molar-refractivity contribution is -0.171. The normalized spacial score (nSPS) is 23.5. The largest absolute Gasteiger partial charge is 0.494 e. The molecule has 3 N–H and O–H groups in total. The van der Waals surface area contributed by atoms with Gasteiger partial charge in [-0.15, -0.1) is 0 Å². The molecule has 2 heterocycles. The van der Waals surface area contributed by atoms with E-state index in [2.05, 4.69) is 20.8 Å². The van der Waals surface area contributed by atoms with Crippen LogP contribution in [-0.4, -0.2) is 83.9 Å². The molecule has 0 saturated carbocycles. The lowest BCUT2D eigenvalue weighted by atomic mass is 9.88. The molecule has 2 aliphatic rings. The fourth-order valence-electron chi connectivity index (χ4n) is 3.99. The third-order valence-electron chi connectivity index (χ3n) is 6.80. The number of aliphatic hydroxyl groups excluding tert-OH is 1. The molecule has 0 aromatic heterocycles. The Balaban J connectivity index is 1.88. The third-order valence-corrected chi connectivity index (χ3v) is 7.65. The van der Waals surface area contributed by atoms with Crippen molar-refractivity contribution >= 4 is 23.6 Å². The minimum atomic E-state index is -0.803. The molecule has 9 heteroatoms. The Bertz CT molecular complexity index is 692. The molecule has 0 aromatic carbocycles. The van der Waals surface area contributed by atoms with Crippen molar-refractivity contribution in [2.45, 2.75) is 71.6 Å². The summed E-state index contributed by atoms with van der Waals surface area (Å²) >= 11 is 1.78. The summed E-state index contributed by atoms with van der Waals surface area (Å²) in [6.45, 7) is 11.4. The summed E-state index contributed by atoms with van der Waals surface area (Å²) in [5, 5.41) is 21.4. The van der Waals surface area contributed by atoms with Gasteiger partial charge < -0.3 is 20.0 Å². The average Bonchev–Trinajstić information content (AvgIpc) is 2.78. The van der Waals surface area contributed by atoms with Crippen LogP contribution in [0.5, 0.6) is 0 Å². The molecule has 2 saturated heterocycles. The molecular formula is C24H44N4O4S. The second-order valence-corrected chi connectivity index (χ2v) is 11.3. The Morgan fingerprint density at radius 2 is 2.03 bits per heavy atom. The number of allylic oxidation sites excluding steroid dienone is 1. The number of carbonyl (C=O) groups is 1. The number of nitrogens with zero attached hydrogens (tertiary/aromatic N) is 2. The Morgan fingerprint density at radius 1 is 1.30 bits per heavy atom. The number of rotatable bonds is 11. The molecule has 1 unspecified atom stereocenters. The Hall–Kier alpha value is -1.13. The van der Waals surface area contributed by atoms with Gasteiger partial charge in [0, 0.05) is 43.4 Å². The molecule has 0 bridgehead atoms. The number of amides is 1. The number of carbonyl (C=O) groups excluding carboxylic acids is 1. The maximum Gasteiger partial charge on any atom is 0.246 e. The highest BCUT2D eigenvalue weighted by atomic mass is 32.2. The van der Waals surface area contributed by atoms with Crippen LogP contribution in [-0.2, 0) is 14.3 Å². The smallest absolute Gasteiger partial charge is 0.246 e. The van der Waals surface area contributed by atoms with Gasteiger partial charge in [0.05, 0.1) is 12.1 Å². The predicted molar refractivity (Wildman–Crippen MR) is 134 cm³/mol. The van der Waals surface area contributed by atoms with Gasteiger partial charge in [0.2, 0.25) is 5.91 Å². The number of ether oxygens (including phenoxy) is 2. The van der Waals surface area contributed by atoms with Crippen LogP contribution < -0.4 is 5.32 Å². The fraction of sp³-hybridized carbons (Fsp3) is 0.833. The third kappa shape index (κ3) is 8.55. The van der Waals surface area contributed by atoms with Crippen LogP contribution in [0.25, 0.3) is 0 Å². The first-order valence-corrected chi connectivity index (χ1v) is 13.2. The van der Waals surface area contributed by atoms with Gasteiger partial charge in [-0.05, 0) is 65.2 Å². The first kappa shape index (κ1) is 28.1. The molecule has 0 aromatic rings. The number of nitrogens with one attached hydrogen (secondary N) is 2. The van der Waals surface area contributed by atoms with E-state index in [-0.39, 0.29) is 23.8 Å². The number of hydrogen-bond donors (Lipinski definition) is 3. The van der Waals surface area contributed by atoms with Crippen molar-refractivity contribution in [2.24, 2.45) is 11.3 Å². The first-order valence-electron chi connectivity index (χ1n) is 12.0. The highest BCUT2D eigenvalue weighted by Crippen LogP contribution is 2.25. The monoisotopic (exact) mass is 484 g/mol. The van der Waals surface area contributed by atoms with E-state index in [4.69, 9.17) is 14.9 Å². The summed E-state index contributed by atoms with van der Waals surface area (Å²) in [5.74, 6) is -0.108. The molecule has 2 rings (SSSR count). The minimum absolute atomic E-state index is 0.182. The second-order valence-electron chi connectivity index (χ2n) is 10.4. The van der Waals surface area contributed by atoms with Crippen LogP contribution in [0.15, 0.2) is 12.0 Å². The van der Waals surface area contributed by atoms with Gasteiger partial charge in [-0.1, -0.05) is 25.8 Å². The lowest BCUT2D eigenvalue weighted by Crippen LogP contribution is -2.55. The minimum Gasteiger partial charge on any atom is -0.494 e. The topological polar surface area (TPSA) is 98.1 Å². The zero-order valence-electron chi connectivity index (χ0n) is 21.3. The quantitative estimate of drug-likeness (QED) is 0.233. The van der Waals surface area contributed by atoms with Crippen molar-refractivity contribution in [1.82, 2.24) is 14.5 Å². The van der Waals surface area contributed by atoms with Crippen LogP contribution in [0.2, 0.25) is 0 Å². The maximum atomic E-state index is 13.0. The van der Waals surface area contributed by atoms with Crippen LogP contribution in [0.1, 0.15) is 59.8 Å². The summed E-state index contributed by atoms with van der Waals surface area (Å²) in [5.41, 5.74) is -1.25. The molecule has 2 fully saturated rings. The van der Waals surface area contributed by atoms with Gasteiger partial charge in [0.25, 0.3) is 0 Å². The zero-order chi connectivity index (χ0) is 24.6. The highest BCUT2D eigenvalue weighted by molar-refractivity contribution is 7.96. The zero-order valence-corrected chi connectivity index (χ0v) is 22.1. The molecule has 0 spiro atoms. The standard InChI is InChI=1S/C24H44N4O4S/c1-23(2,17-32-21-11-7-8-13-31-21)19(25)14-20(29)26-22(30)24(3,4)27(5)15-18-10-9-12-28(16-18)33-6/h14,18,21,25,29H,7-13,15-17H2,1-6H3,(H,26,30)/b20-14-,25-19?/t18-,21?/m0/s1. The predicted octanol–water partition coefficient (Wildman–Crippen LogP) is 3.79. The molecule has 1 amide bonds. The van der Waals surface area contributed by atoms with E-state index in [0.717, 1.165) is 45.3 Å². The number of likely N-dealkylation sites (N-methyl/N-ethyl adjacent to an activating group) is 1. The number of piperidine rings is 1. The van der Waals surface area contributed by atoms with Crippen molar-refractivity contribution in [2.75, 3.05) is 46.2 Å². The molecular weight excluding hydrogens is 440 g/mol. The van der Waals surface area contributed by atoms with Gasteiger partial charge in [0.15, 0.2) is 12.2 Å². The van der Waals surface area contributed by atoms with Crippen molar-refractivity contribution < 1.29 is 19.4 Å². The van der Waals surface area contributed by atoms with E-state index in [1.54, 1.807) is 11.9 Å². The van der Waals surface area contributed by atoms with Gasteiger partial charge in [-0.3, -0.25) is 19.3 Å². The molecule has 190 valence electrons. The highest BCUT2D eigenvalue weighted by Gasteiger charge is 2.35. The Labute approximate surface area is 204 Å². The fourth-order valence-corrected chi connectivity index (χ4v) is 4.66. The molecule has 0 aliphatic carbocycles. The average molecular weight is 485 g/mol. The van der Waals surface area contributed by atoms with Crippen molar-refractivity contribution in [3.63, 3.8) is 0 Å². The van der Waals surface area contributed by atoms with Crippen molar-refractivity contribution in [3.8, 4) is 0 Å².